The molecule has 0 aromatic heterocycles. The number of amides is 2. The topological polar surface area (TPSA) is 87.5 Å². The second-order valence-corrected chi connectivity index (χ2v) is 11.7. The highest BCUT2D eigenvalue weighted by Crippen LogP contribution is 2.37. The van der Waals surface area contributed by atoms with Gasteiger partial charge in [-0.2, -0.15) is 0 Å². The molecular formula is C26H38N4O2. The number of nitrogens with two attached hydrogens (primary N) is 1. The number of carbonyl (C=O) groups excluding carboxylic acids is 2. The van der Waals surface area contributed by atoms with Gasteiger partial charge in [0.1, 0.15) is 0 Å². The minimum Gasteiger partial charge on any atom is -0.366 e. The fourth-order valence-electron chi connectivity index (χ4n) is 5.41. The van der Waals surface area contributed by atoms with Crippen LogP contribution in [0.25, 0.3) is 0 Å². The first-order valence-electron chi connectivity index (χ1n) is 11.3. The SMILES string of the molecule is CC1(C)C=C(N(C(=O)c2cccc(C(N)=O)c2)C2=CC(C)(C)NC(C)(C)C2)CC(C)(C)N1. The van der Waals surface area contributed by atoms with E-state index in [4.69, 9.17) is 5.73 Å². The monoisotopic (exact) mass is 438 g/mol. The van der Waals surface area contributed by atoms with Gasteiger partial charge in [0.05, 0.1) is 0 Å². The van der Waals surface area contributed by atoms with Crippen molar-refractivity contribution in [2.24, 2.45) is 5.73 Å². The average molecular weight is 439 g/mol. The lowest BCUT2D eigenvalue weighted by Crippen LogP contribution is -2.58. The van der Waals surface area contributed by atoms with E-state index in [2.05, 4.69) is 78.2 Å². The van der Waals surface area contributed by atoms with E-state index >= 15 is 0 Å². The maximum atomic E-state index is 14.0. The molecular weight excluding hydrogens is 400 g/mol. The molecule has 4 N–H and O–H groups in total. The minimum atomic E-state index is -0.544. The van der Waals surface area contributed by atoms with E-state index in [0.29, 0.717) is 24.0 Å². The highest BCUT2D eigenvalue weighted by atomic mass is 16.2. The summed E-state index contributed by atoms with van der Waals surface area (Å²) in [6, 6.07) is 6.68. The maximum Gasteiger partial charge on any atom is 0.262 e. The Labute approximate surface area is 192 Å². The third-order valence-corrected chi connectivity index (χ3v) is 5.79. The molecule has 0 fully saturated rings. The van der Waals surface area contributed by atoms with Crippen LogP contribution in [0.15, 0.2) is 47.8 Å². The number of benzene rings is 1. The molecule has 0 unspecified atom stereocenters. The molecule has 2 heterocycles. The highest BCUT2D eigenvalue weighted by molar-refractivity contribution is 6.00. The highest BCUT2D eigenvalue weighted by Gasteiger charge is 2.40. The fourth-order valence-corrected chi connectivity index (χ4v) is 5.41. The molecule has 2 aliphatic rings. The Morgan fingerprint density at radius 1 is 0.812 bits per heavy atom. The molecule has 32 heavy (non-hydrogen) atoms. The third-order valence-electron chi connectivity index (χ3n) is 5.79. The molecule has 0 aliphatic carbocycles. The molecule has 1 aromatic rings. The van der Waals surface area contributed by atoms with Crippen LogP contribution in [0, 0.1) is 0 Å². The van der Waals surface area contributed by atoms with E-state index in [0.717, 1.165) is 11.4 Å². The second kappa shape index (κ2) is 7.85. The van der Waals surface area contributed by atoms with Gasteiger partial charge in [0.25, 0.3) is 5.91 Å². The summed E-state index contributed by atoms with van der Waals surface area (Å²) in [7, 11) is 0. The van der Waals surface area contributed by atoms with Crippen LogP contribution in [-0.2, 0) is 0 Å². The lowest BCUT2D eigenvalue weighted by Gasteiger charge is -2.47. The maximum absolute atomic E-state index is 14.0. The van der Waals surface area contributed by atoms with E-state index in [1.807, 2.05) is 4.90 Å². The van der Waals surface area contributed by atoms with Crippen LogP contribution in [0.5, 0.6) is 0 Å². The summed E-state index contributed by atoms with van der Waals surface area (Å²) < 4.78 is 0. The Balaban J connectivity index is 2.18. The zero-order valence-corrected chi connectivity index (χ0v) is 20.7. The lowest BCUT2D eigenvalue weighted by molar-refractivity contribution is 0.0810. The van der Waals surface area contributed by atoms with Crippen molar-refractivity contribution in [2.75, 3.05) is 0 Å². The standard InChI is InChI=1S/C26H38N4O2/c1-23(2)13-19(14-24(3,4)28-23)30(20-15-25(5,6)29-26(7,8)16-20)22(32)18-11-9-10-17(12-18)21(27)31/h9-13,15,28-29H,14,16H2,1-8H3,(H2,27,31). The van der Waals surface area contributed by atoms with Gasteiger partial charge in [-0.25, -0.2) is 0 Å². The van der Waals surface area contributed by atoms with Crippen LogP contribution in [-0.4, -0.2) is 38.9 Å². The quantitative estimate of drug-likeness (QED) is 0.661. The molecule has 0 radical (unpaired) electrons. The molecule has 0 bridgehead atoms. The van der Waals surface area contributed by atoms with E-state index in [1.54, 1.807) is 24.3 Å². The first-order valence-corrected chi connectivity index (χ1v) is 11.3. The van der Waals surface area contributed by atoms with Crippen LogP contribution in [0.2, 0.25) is 0 Å². The largest absolute Gasteiger partial charge is 0.366 e. The van der Waals surface area contributed by atoms with Crippen molar-refractivity contribution >= 4 is 11.8 Å². The Kier molecular flexibility index (Phi) is 5.94. The van der Waals surface area contributed by atoms with Gasteiger partial charge in [-0.1, -0.05) is 6.07 Å². The zero-order valence-electron chi connectivity index (χ0n) is 20.7. The lowest BCUT2D eigenvalue weighted by atomic mass is 9.83. The van der Waals surface area contributed by atoms with Crippen molar-refractivity contribution in [3.63, 3.8) is 0 Å². The van der Waals surface area contributed by atoms with E-state index < -0.39 is 5.91 Å². The van der Waals surface area contributed by atoms with Gasteiger partial charge < -0.3 is 16.4 Å². The van der Waals surface area contributed by atoms with Gasteiger partial charge in [0.15, 0.2) is 0 Å². The Morgan fingerprint density at radius 3 is 1.66 bits per heavy atom. The minimum absolute atomic E-state index is 0.146. The summed E-state index contributed by atoms with van der Waals surface area (Å²) in [5, 5.41) is 7.30. The molecule has 0 saturated heterocycles. The van der Waals surface area contributed by atoms with Crippen LogP contribution in [0.4, 0.5) is 0 Å². The number of nitrogens with zero attached hydrogens (tertiary/aromatic N) is 1. The average Bonchev–Trinajstić information content (AvgIpc) is 2.56. The molecule has 174 valence electrons. The van der Waals surface area contributed by atoms with Crippen molar-refractivity contribution in [1.29, 1.82) is 0 Å². The van der Waals surface area contributed by atoms with Crippen molar-refractivity contribution < 1.29 is 9.59 Å². The molecule has 2 aliphatic heterocycles. The molecule has 2 amide bonds. The molecule has 3 rings (SSSR count). The molecule has 0 atom stereocenters. The van der Waals surface area contributed by atoms with Gasteiger partial charge in [-0.05, 0) is 85.7 Å². The van der Waals surface area contributed by atoms with Crippen LogP contribution in [0.3, 0.4) is 0 Å². The van der Waals surface area contributed by atoms with E-state index in [1.165, 1.54) is 0 Å². The van der Waals surface area contributed by atoms with Crippen LogP contribution >= 0.6 is 0 Å². The first-order chi connectivity index (χ1) is 14.5. The van der Waals surface area contributed by atoms with Gasteiger partial charge >= 0.3 is 0 Å². The summed E-state index contributed by atoms with van der Waals surface area (Å²) in [6.45, 7) is 17.1. The summed E-state index contributed by atoms with van der Waals surface area (Å²) in [5.41, 5.74) is 7.28. The van der Waals surface area contributed by atoms with Crippen molar-refractivity contribution in [1.82, 2.24) is 15.5 Å². The number of rotatable bonds is 4. The molecule has 6 heteroatoms. The molecule has 0 saturated carbocycles. The zero-order chi connectivity index (χ0) is 24.1. The first kappa shape index (κ1) is 24.2. The number of hydrogen-bond acceptors (Lipinski definition) is 4. The number of carbonyl (C=O) groups is 2. The van der Waals surface area contributed by atoms with Gasteiger partial charge in [-0.15, -0.1) is 0 Å². The van der Waals surface area contributed by atoms with Crippen LogP contribution < -0.4 is 16.4 Å². The number of nitrogens with one attached hydrogen (secondary N) is 2. The predicted octanol–water partition coefficient (Wildman–Crippen LogP) is 4.10. The van der Waals surface area contributed by atoms with E-state index in [-0.39, 0.29) is 28.1 Å². The summed E-state index contributed by atoms with van der Waals surface area (Å²) >= 11 is 0. The summed E-state index contributed by atoms with van der Waals surface area (Å²) in [4.78, 5) is 27.6. The Morgan fingerprint density at radius 2 is 1.25 bits per heavy atom. The molecule has 6 nitrogen and oxygen atoms in total. The normalized spacial score (nSPS) is 23.0. The Hall–Kier alpha value is -2.44. The van der Waals surface area contributed by atoms with Crippen LogP contribution in [0.1, 0.15) is 88.9 Å². The summed E-state index contributed by atoms with van der Waals surface area (Å²) in [5.74, 6) is -0.689. The Bertz CT molecular complexity index is 953. The summed E-state index contributed by atoms with van der Waals surface area (Å²) in [6.07, 6.45) is 5.69. The number of primary amides is 1. The van der Waals surface area contributed by atoms with Gasteiger partial charge in [0, 0.05) is 57.5 Å². The molecule has 1 aromatic carbocycles. The van der Waals surface area contributed by atoms with Crippen molar-refractivity contribution in [3.8, 4) is 0 Å². The van der Waals surface area contributed by atoms with Gasteiger partial charge in [-0.3, -0.25) is 14.5 Å². The fraction of sp³-hybridized carbons (Fsp3) is 0.538. The van der Waals surface area contributed by atoms with Gasteiger partial charge in [0.2, 0.25) is 5.91 Å². The number of hydrogen-bond donors (Lipinski definition) is 3. The third kappa shape index (κ3) is 5.48. The smallest absolute Gasteiger partial charge is 0.262 e. The predicted molar refractivity (Wildman–Crippen MR) is 129 cm³/mol. The van der Waals surface area contributed by atoms with Crippen molar-refractivity contribution in [3.05, 3.63) is 58.9 Å². The molecule has 0 spiro atoms. The van der Waals surface area contributed by atoms with E-state index in [9.17, 15) is 9.59 Å². The second-order valence-electron chi connectivity index (χ2n) is 11.7. The van der Waals surface area contributed by atoms with Crippen molar-refractivity contribution in [2.45, 2.75) is 90.4 Å².